The van der Waals surface area contributed by atoms with Crippen molar-refractivity contribution in [2.75, 3.05) is 18.4 Å². The molecule has 1 heterocycles. The van der Waals surface area contributed by atoms with Crippen molar-refractivity contribution < 1.29 is 13.2 Å². The van der Waals surface area contributed by atoms with E-state index in [0.717, 1.165) is 32.4 Å². The number of carbonyl (C=O) groups excluding carboxylic acids is 1. The van der Waals surface area contributed by atoms with Crippen LogP contribution in [0.5, 0.6) is 0 Å². The zero-order valence-electron chi connectivity index (χ0n) is 15.1. The first kappa shape index (κ1) is 18.2. The first-order chi connectivity index (χ1) is 13.0. The van der Waals surface area contributed by atoms with Crippen molar-refractivity contribution in [1.82, 2.24) is 5.32 Å². The predicted octanol–water partition coefficient (Wildman–Crippen LogP) is 2.99. The number of sulfone groups is 1. The highest BCUT2D eigenvalue weighted by Gasteiger charge is 2.57. The summed E-state index contributed by atoms with van der Waals surface area (Å²) in [5.74, 6) is -0.0763. The summed E-state index contributed by atoms with van der Waals surface area (Å²) in [5, 5.41) is 6.34. The van der Waals surface area contributed by atoms with Gasteiger partial charge in [0, 0.05) is 11.6 Å². The molecule has 6 heteroatoms. The summed E-state index contributed by atoms with van der Waals surface area (Å²) in [6.07, 6.45) is 3.01. The third kappa shape index (κ3) is 3.77. The second kappa shape index (κ2) is 7.09. The van der Waals surface area contributed by atoms with E-state index in [9.17, 15) is 13.2 Å². The monoisotopic (exact) mass is 384 g/mol. The first-order valence-electron chi connectivity index (χ1n) is 9.38. The van der Waals surface area contributed by atoms with Crippen LogP contribution in [-0.2, 0) is 20.4 Å². The second-order valence-corrected chi connectivity index (χ2v) is 9.58. The number of nitrogens with one attached hydrogen (secondary N) is 2. The molecule has 5 nitrogen and oxygen atoms in total. The maximum atomic E-state index is 12.8. The SMILES string of the molecule is O=C(Nc1ccccc1CS(=O)(=O)c1ccccc1)C1CC12CCNCC2. The fourth-order valence-corrected chi connectivity index (χ4v) is 5.50. The van der Waals surface area contributed by atoms with Crippen LogP contribution in [0.4, 0.5) is 5.69 Å². The second-order valence-electron chi connectivity index (χ2n) is 7.59. The zero-order valence-corrected chi connectivity index (χ0v) is 16.0. The smallest absolute Gasteiger partial charge is 0.228 e. The van der Waals surface area contributed by atoms with Gasteiger partial charge in [-0.05, 0) is 61.5 Å². The van der Waals surface area contributed by atoms with Gasteiger partial charge in [-0.15, -0.1) is 0 Å². The van der Waals surface area contributed by atoms with E-state index in [2.05, 4.69) is 10.6 Å². The summed E-state index contributed by atoms with van der Waals surface area (Å²) in [7, 11) is -3.46. The number of rotatable bonds is 5. The van der Waals surface area contributed by atoms with Crippen LogP contribution in [0, 0.1) is 11.3 Å². The van der Waals surface area contributed by atoms with E-state index < -0.39 is 9.84 Å². The molecule has 1 aliphatic heterocycles. The minimum Gasteiger partial charge on any atom is -0.326 e. The van der Waals surface area contributed by atoms with Crippen LogP contribution in [0.2, 0.25) is 0 Å². The van der Waals surface area contributed by atoms with Crippen LogP contribution in [0.15, 0.2) is 59.5 Å². The average Bonchev–Trinajstić information content (AvgIpc) is 3.37. The van der Waals surface area contributed by atoms with Crippen molar-refractivity contribution in [2.24, 2.45) is 11.3 Å². The normalized spacial score (nSPS) is 21.0. The molecule has 2 aromatic rings. The third-order valence-corrected chi connectivity index (χ3v) is 7.51. The van der Waals surface area contributed by atoms with Gasteiger partial charge in [0.1, 0.15) is 0 Å². The van der Waals surface area contributed by atoms with Crippen molar-refractivity contribution in [3.05, 3.63) is 60.2 Å². The molecular formula is C21H24N2O3S. The summed E-state index contributed by atoms with van der Waals surface area (Å²) in [5.41, 5.74) is 1.37. The number of anilines is 1. The number of hydrogen-bond acceptors (Lipinski definition) is 4. The first-order valence-corrected chi connectivity index (χ1v) is 11.0. The van der Waals surface area contributed by atoms with Gasteiger partial charge in [0.2, 0.25) is 5.91 Å². The Kier molecular flexibility index (Phi) is 4.78. The van der Waals surface area contributed by atoms with Gasteiger partial charge in [-0.2, -0.15) is 0 Å². The molecule has 2 aromatic carbocycles. The summed E-state index contributed by atoms with van der Waals surface area (Å²) < 4.78 is 25.4. The minimum absolute atomic E-state index is 0.0152. The molecule has 1 aliphatic carbocycles. The Balaban J connectivity index is 1.50. The van der Waals surface area contributed by atoms with Gasteiger partial charge >= 0.3 is 0 Å². The number of amides is 1. The van der Waals surface area contributed by atoms with Gasteiger partial charge in [0.15, 0.2) is 9.84 Å². The fourth-order valence-electron chi connectivity index (χ4n) is 4.10. The van der Waals surface area contributed by atoms with E-state index in [4.69, 9.17) is 0 Å². The lowest BCUT2D eigenvalue weighted by Gasteiger charge is -2.23. The molecule has 0 bridgehead atoms. The quantitative estimate of drug-likeness (QED) is 0.831. The lowest BCUT2D eigenvalue weighted by molar-refractivity contribution is -0.118. The highest BCUT2D eigenvalue weighted by molar-refractivity contribution is 7.90. The summed E-state index contributed by atoms with van der Waals surface area (Å²) in [4.78, 5) is 13.0. The fraction of sp³-hybridized carbons (Fsp3) is 0.381. The van der Waals surface area contributed by atoms with Crippen LogP contribution < -0.4 is 10.6 Å². The van der Waals surface area contributed by atoms with Crippen LogP contribution in [0.1, 0.15) is 24.8 Å². The van der Waals surface area contributed by atoms with Crippen molar-refractivity contribution in [1.29, 1.82) is 0 Å². The number of piperidine rings is 1. The molecule has 142 valence electrons. The topological polar surface area (TPSA) is 75.3 Å². The van der Waals surface area contributed by atoms with E-state index in [1.54, 1.807) is 48.5 Å². The van der Waals surface area contributed by atoms with Gasteiger partial charge in [0.05, 0.1) is 10.6 Å². The molecule has 1 saturated carbocycles. The van der Waals surface area contributed by atoms with Crippen molar-refractivity contribution in [2.45, 2.75) is 29.9 Å². The maximum absolute atomic E-state index is 12.8. The molecule has 0 radical (unpaired) electrons. The van der Waals surface area contributed by atoms with Crippen LogP contribution >= 0.6 is 0 Å². The largest absolute Gasteiger partial charge is 0.326 e. The Morgan fingerprint density at radius 1 is 1.04 bits per heavy atom. The lowest BCUT2D eigenvalue weighted by Crippen LogP contribution is -2.31. The molecule has 4 rings (SSSR count). The maximum Gasteiger partial charge on any atom is 0.228 e. The van der Waals surface area contributed by atoms with Gasteiger partial charge in [-0.25, -0.2) is 8.42 Å². The molecule has 2 fully saturated rings. The van der Waals surface area contributed by atoms with Crippen molar-refractivity contribution in [3.63, 3.8) is 0 Å². The number of para-hydroxylation sites is 1. The Morgan fingerprint density at radius 2 is 1.70 bits per heavy atom. The van der Waals surface area contributed by atoms with Gasteiger partial charge < -0.3 is 10.6 Å². The van der Waals surface area contributed by atoms with E-state index in [0.29, 0.717) is 16.1 Å². The minimum atomic E-state index is -3.46. The summed E-state index contributed by atoms with van der Waals surface area (Å²) >= 11 is 0. The lowest BCUT2D eigenvalue weighted by atomic mass is 9.91. The van der Waals surface area contributed by atoms with Crippen molar-refractivity contribution in [3.8, 4) is 0 Å². The van der Waals surface area contributed by atoms with Crippen molar-refractivity contribution >= 4 is 21.4 Å². The Bertz CT molecular complexity index is 935. The standard InChI is InChI=1S/C21H24N2O3S/c24-20(18-14-21(18)10-12-22-13-11-21)23-19-9-5-4-6-16(19)15-27(25,26)17-7-2-1-3-8-17/h1-9,18,22H,10-15H2,(H,23,24). The van der Waals surface area contributed by atoms with Gasteiger partial charge in [-0.3, -0.25) is 4.79 Å². The summed E-state index contributed by atoms with van der Waals surface area (Å²) in [6, 6.07) is 15.6. The van der Waals surface area contributed by atoms with Gasteiger partial charge in [-0.1, -0.05) is 36.4 Å². The molecule has 1 spiro atoms. The van der Waals surface area contributed by atoms with E-state index in [1.165, 1.54) is 0 Å². The molecule has 2 aliphatic rings. The molecule has 27 heavy (non-hydrogen) atoms. The average molecular weight is 385 g/mol. The Labute approximate surface area is 160 Å². The molecule has 1 saturated heterocycles. The predicted molar refractivity (Wildman–Crippen MR) is 105 cm³/mol. The molecule has 1 atom stereocenters. The number of benzene rings is 2. The third-order valence-electron chi connectivity index (χ3n) is 5.83. The van der Waals surface area contributed by atoms with Crippen LogP contribution in [0.3, 0.4) is 0 Å². The highest BCUT2D eigenvalue weighted by Crippen LogP contribution is 2.58. The number of carbonyl (C=O) groups is 1. The van der Waals surface area contributed by atoms with E-state index >= 15 is 0 Å². The van der Waals surface area contributed by atoms with E-state index in [-0.39, 0.29) is 23.0 Å². The molecule has 1 amide bonds. The molecular weight excluding hydrogens is 360 g/mol. The summed E-state index contributed by atoms with van der Waals surface area (Å²) in [6.45, 7) is 1.94. The van der Waals surface area contributed by atoms with Crippen LogP contribution in [-0.4, -0.2) is 27.4 Å². The Morgan fingerprint density at radius 3 is 2.44 bits per heavy atom. The molecule has 0 aromatic heterocycles. The molecule has 1 unspecified atom stereocenters. The van der Waals surface area contributed by atoms with E-state index in [1.807, 2.05) is 6.07 Å². The Hall–Kier alpha value is -2.18. The van der Waals surface area contributed by atoms with Gasteiger partial charge in [0.25, 0.3) is 0 Å². The zero-order chi connectivity index (χ0) is 18.9. The molecule has 2 N–H and O–H groups in total. The van der Waals surface area contributed by atoms with Crippen LogP contribution in [0.25, 0.3) is 0 Å². The highest BCUT2D eigenvalue weighted by atomic mass is 32.2. The number of hydrogen-bond donors (Lipinski definition) is 2.